The molecule has 6 heteroatoms. The molecule has 0 radical (unpaired) electrons. The molecule has 0 aliphatic heterocycles. The van der Waals surface area contributed by atoms with Crippen molar-refractivity contribution in [2.24, 2.45) is 0 Å². The van der Waals surface area contributed by atoms with E-state index >= 15 is 0 Å². The molecule has 0 atom stereocenters. The molecule has 1 aromatic rings. The lowest BCUT2D eigenvalue weighted by molar-refractivity contribution is -0.384. The van der Waals surface area contributed by atoms with Crippen molar-refractivity contribution < 1.29 is 9.66 Å². The second kappa shape index (κ2) is 5.66. The van der Waals surface area contributed by atoms with E-state index in [-0.39, 0.29) is 16.1 Å². The molecule has 0 bridgehead atoms. The number of hydrogen-bond acceptors (Lipinski definition) is 5. The highest BCUT2D eigenvalue weighted by Gasteiger charge is 2.39. The van der Waals surface area contributed by atoms with Crippen LogP contribution in [0.4, 0.5) is 11.4 Å². The first kappa shape index (κ1) is 14.6. The van der Waals surface area contributed by atoms with Crippen molar-refractivity contribution in [3.05, 3.63) is 28.3 Å². The zero-order valence-corrected chi connectivity index (χ0v) is 12.2. The summed E-state index contributed by atoms with van der Waals surface area (Å²) in [5.74, 6) is 0.616. The van der Waals surface area contributed by atoms with Crippen LogP contribution in [0.3, 0.4) is 0 Å². The van der Waals surface area contributed by atoms with Crippen molar-refractivity contribution in [3.8, 4) is 5.75 Å². The van der Waals surface area contributed by atoms with Crippen LogP contribution in [0.1, 0.15) is 19.3 Å². The number of benzene rings is 1. The van der Waals surface area contributed by atoms with Crippen LogP contribution in [-0.2, 0) is 0 Å². The number of rotatable bonds is 6. The second-order valence-corrected chi connectivity index (χ2v) is 5.47. The molecule has 0 spiro atoms. The summed E-state index contributed by atoms with van der Waals surface area (Å²) in [5, 5.41) is 14.3. The minimum absolute atomic E-state index is 0.0824. The topological polar surface area (TPSA) is 67.6 Å². The van der Waals surface area contributed by atoms with E-state index in [9.17, 15) is 10.1 Å². The normalized spacial score (nSPS) is 16.6. The van der Waals surface area contributed by atoms with Gasteiger partial charge >= 0.3 is 0 Å². The molecule has 0 aromatic heterocycles. The highest BCUT2D eigenvalue weighted by molar-refractivity contribution is 5.64. The molecule has 1 N–H and O–H groups in total. The minimum Gasteiger partial charge on any atom is -0.497 e. The maximum atomic E-state index is 11.1. The highest BCUT2D eigenvalue weighted by atomic mass is 16.6. The Morgan fingerprint density at radius 3 is 2.60 bits per heavy atom. The molecule has 1 saturated carbocycles. The molecular formula is C14H21N3O3. The van der Waals surface area contributed by atoms with Crippen molar-refractivity contribution in [1.29, 1.82) is 0 Å². The van der Waals surface area contributed by atoms with E-state index in [0.717, 1.165) is 12.8 Å². The van der Waals surface area contributed by atoms with Crippen molar-refractivity contribution in [2.75, 3.05) is 33.1 Å². The second-order valence-electron chi connectivity index (χ2n) is 5.47. The number of nitrogens with one attached hydrogen (secondary N) is 1. The van der Waals surface area contributed by atoms with Gasteiger partial charge in [-0.25, -0.2) is 0 Å². The maximum absolute atomic E-state index is 11.1. The van der Waals surface area contributed by atoms with Crippen LogP contribution in [0.2, 0.25) is 0 Å². The third kappa shape index (κ3) is 2.70. The quantitative estimate of drug-likeness (QED) is 0.640. The average molecular weight is 279 g/mol. The van der Waals surface area contributed by atoms with Gasteiger partial charge in [-0.05, 0) is 39.4 Å². The number of methoxy groups -OCH3 is 1. The van der Waals surface area contributed by atoms with Gasteiger partial charge in [-0.1, -0.05) is 0 Å². The van der Waals surface area contributed by atoms with Gasteiger partial charge in [-0.3, -0.25) is 10.1 Å². The van der Waals surface area contributed by atoms with Gasteiger partial charge in [0.1, 0.15) is 11.4 Å². The summed E-state index contributed by atoms with van der Waals surface area (Å²) in [6.07, 6.45) is 3.44. The standard InChI is InChI=1S/C14H21N3O3/c1-16(2)14(7-4-8-14)10-15-12-9-11(20-3)5-6-13(12)17(18)19/h5-6,9,15H,4,7-8,10H2,1-3H3. The minimum atomic E-state index is -0.370. The number of nitro benzene ring substituents is 1. The van der Waals surface area contributed by atoms with E-state index < -0.39 is 0 Å². The summed E-state index contributed by atoms with van der Waals surface area (Å²) < 4.78 is 5.14. The molecule has 110 valence electrons. The Balaban J connectivity index is 2.17. The van der Waals surface area contributed by atoms with Crippen LogP contribution >= 0.6 is 0 Å². The summed E-state index contributed by atoms with van der Waals surface area (Å²) in [7, 11) is 5.67. The van der Waals surface area contributed by atoms with E-state index in [4.69, 9.17) is 4.74 Å². The Kier molecular flexibility index (Phi) is 4.13. The van der Waals surface area contributed by atoms with E-state index in [1.165, 1.54) is 12.5 Å². The van der Waals surface area contributed by atoms with Gasteiger partial charge in [-0.2, -0.15) is 0 Å². The predicted octanol–water partition coefficient (Wildman–Crippen LogP) is 2.50. The first-order valence-electron chi connectivity index (χ1n) is 6.72. The van der Waals surface area contributed by atoms with Crippen LogP contribution < -0.4 is 10.1 Å². The van der Waals surface area contributed by atoms with Gasteiger partial charge in [0.05, 0.1) is 12.0 Å². The zero-order chi connectivity index (χ0) is 14.8. The molecule has 1 aliphatic rings. The molecule has 20 heavy (non-hydrogen) atoms. The Labute approximate surface area is 118 Å². The number of nitro groups is 1. The number of ether oxygens (including phenoxy) is 1. The number of anilines is 1. The largest absolute Gasteiger partial charge is 0.497 e. The van der Waals surface area contributed by atoms with Crippen LogP contribution in [-0.4, -0.2) is 43.1 Å². The van der Waals surface area contributed by atoms with E-state index in [1.54, 1.807) is 19.2 Å². The van der Waals surface area contributed by atoms with Crippen LogP contribution in [0.15, 0.2) is 18.2 Å². The monoisotopic (exact) mass is 279 g/mol. The molecule has 1 aliphatic carbocycles. The SMILES string of the molecule is COc1ccc([N+](=O)[O-])c(NCC2(N(C)C)CCC2)c1. The highest BCUT2D eigenvalue weighted by Crippen LogP contribution is 2.37. The molecule has 0 heterocycles. The molecule has 1 aromatic carbocycles. The number of nitrogens with zero attached hydrogens (tertiary/aromatic N) is 2. The lowest BCUT2D eigenvalue weighted by Gasteiger charge is -2.47. The third-order valence-corrected chi connectivity index (χ3v) is 4.24. The average Bonchev–Trinajstić information content (AvgIpc) is 2.36. The number of likely N-dealkylation sites (N-methyl/N-ethyl adjacent to an activating group) is 1. The molecule has 1 fully saturated rings. The van der Waals surface area contributed by atoms with Gasteiger partial charge < -0.3 is 15.0 Å². The first-order chi connectivity index (χ1) is 9.48. The van der Waals surface area contributed by atoms with Crippen molar-refractivity contribution in [1.82, 2.24) is 4.90 Å². The van der Waals surface area contributed by atoms with Crippen molar-refractivity contribution in [2.45, 2.75) is 24.8 Å². The molecule has 0 amide bonds. The van der Waals surface area contributed by atoms with Crippen molar-refractivity contribution >= 4 is 11.4 Å². The van der Waals surface area contributed by atoms with Gasteiger partial charge in [0.25, 0.3) is 5.69 Å². The summed E-state index contributed by atoms with van der Waals surface area (Å²) in [6, 6.07) is 4.76. The molecule has 0 unspecified atom stereocenters. The maximum Gasteiger partial charge on any atom is 0.292 e. The summed E-state index contributed by atoms with van der Waals surface area (Å²) >= 11 is 0. The Morgan fingerprint density at radius 1 is 1.45 bits per heavy atom. The van der Waals surface area contributed by atoms with E-state index in [1.807, 2.05) is 0 Å². The van der Waals surface area contributed by atoms with Gasteiger partial charge in [0.2, 0.25) is 0 Å². The Hall–Kier alpha value is -1.82. The van der Waals surface area contributed by atoms with Crippen LogP contribution in [0.25, 0.3) is 0 Å². The fraction of sp³-hybridized carbons (Fsp3) is 0.571. The summed E-state index contributed by atoms with van der Waals surface area (Å²) in [4.78, 5) is 12.9. The van der Waals surface area contributed by atoms with E-state index in [0.29, 0.717) is 18.0 Å². The summed E-state index contributed by atoms with van der Waals surface area (Å²) in [6.45, 7) is 0.702. The lowest BCUT2D eigenvalue weighted by atomic mass is 9.75. The van der Waals surface area contributed by atoms with Crippen LogP contribution in [0.5, 0.6) is 5.75 Å². The molecule has 6 nitrogen and oxygen atoms in total. The van der Waals surface area contributed by atoms with Gasteiger partial charge in [-0.15, -0.1) is 0 Å². The first-order valence-corrected chi connectivity index (χ1v) is 6.72. The van der Waals surface area contributed by atoms with E-state index in [2.05, 4.69) is 24.3 Å². The lowest BCUT2D eigenvalue weighted by Crippen LogP contribution is -2.54. The Morgan fingerprint density at radius 2 is 2.15 bits per heavy atom. The van der Waals surface area contributed by atoms with Crippen LogP contribution in [0, 0.1) is 10.1 Å². The van der Waals surface area contributed by atoms with Crippen molar-refractivity contribution in [3.63, 3.8) is 0 Å². The smallest absolute Gasteiger partial charge is 0.292 e. The molecular weight excluding hydrogens is 258 g/mol. The predicted molar refractivity (Wildman–Crippen MR) is 78.4 cm³/mol. The third-order valence-electron chi connectivity index (χ3n) is 4.24. The Bertz CT molecular complexity index is 498. The fourth-order valence-corrected chi connectivity index (χ4v) is 2.57. The van der Waals surface area contributed by atoms with Gasteiger partial charge in [0, 0.05) is 24.2 Å². The fourth-order valence-electron chi connectivity index (χ4n) is 2.57. The van der Waals surface area contributed by atoms with Gasteiger partial charge in [0.15, 0.2) is 0 Å². The molecule has 0 saturated heterocycles. The molecule has 2 rings (SSSR count). The zero-order valence-electron chi connectivity index (χ0n) is 12.2. The summed E-state index contributed by atoms with van der Waals surface area (Å²) in [5.41, 5.74) is 0.707. The number of hydrogen-bond donors (Lipinski definition) is 1.